The average Bonchev–Trinajstić information content (AvgIpc) is 2.92. The Kier molecular flexibility index (Phi) is 7.80. The van der Waals surface area contributed by atoms with Gasteiger partial charge in [0.2, 0.25) is 5.91 Å². The molecule has 1 aromatic rings. The molecule has 1 heterocycles. The van der Waals surface area contributed by atoms with Crippen LogP contribution in [0.2, 0.25) is 0 Å². The minimum atomic E-state index is -1.01. The SMILES string of the molecule is CCCCN(C)Cc1cccc(C=NN=C2NC(=O)C(CC(=O)O)S2)c1. The van der Waals surface area contributed by atoms with E-state index in [2.05, 4.69) is 46.5 Å². The third-order valence-electron chi connectivity index (χ3n) is 3.79. The number of nitrogens with one attached hydrogen (secondary N) is 1. The van der Waals surface area contributed by atoms with Gasteiger partial charge in [0.25, 0.3) is 0 Å². The highest BCUT2D eigenvalue weighted by molar-refractivity contribution is 8.15. The van der Waals surface area contributed by atoms with E-state index < -0.39 is 11.2 Å². The summed E-state index contributed by atoms with van der Waals surface area (Å²) in [4.78, 5) is 24.6. The number of carboxylic acids is 1. The summed E-state index contributed by atoms with van der Waals surface area (Å²) >= 11 is 1.09. The highest BCUT2D eigenvalue weighted by atomic mass is 32.2. The number of carboxylic acid groups (broad SMARTS) is 1. The molecular formula is C18H24N4O3S. The van der Waals surface area contributed by atoms with Crippen LogP contribution in [0, 0.1) is 0 Å². The van der Waals surface area contributed by atoms with Crippen LogP contribution >= 0.6 is 11.8 Å². The van der Waals surface area contributed by atoms with E-state index >= 15 is 0 Å². The van der Waals surface area contributed by atoms with Crippen LogP contribution in [0.3, 0.4) is 0 Å². The van der Waals surface area contributed by atoms with E-state index in [4.69, 9.17) is 5.11 Å². The number of hydrogen-bond acceptors (Lipinski definition) is 6. The summed E-state index contributed by atoms with van der Waals surface area (Å²) in [5, 5.41) is 19.0. The van der Waals surface area contributed by atoms with E-state index in [1.807, 2.05) is 12.1 Å². The molecule has 0 bridgehead atoms. The van der Waals surface area contributed by atoms with E-state index in [1.165, 1.54) is 18.4 Å². The Morgan fingerprint density at radius 1 is 1.46 bits per heavy atom. The number of hydrogen-bond donors (Lipinski definition) is 2. The van der Waals surface area contributed by atoms with Crippen molar-refractivity contribution in [3.63, 3.8) is 0 Å². The Morgan fingerprint density at radius 2 is 2.27 bits per heavy atom. The molecule has 1 saturated heterocycles. The lowest BCUT2D eigenvalue weighted by Crippen LogP contribution is -2.26. The normalized spacial score (nSPS) is 18.8. The third kappa shape index (κ3) is 6.61. The van der Waals surface area contributed by atoms with Gasteiger partial charge in [0, 0.05) is 6.54 Å². The first kappa shape index (κ1) is 20.1. The minimum Gasteiger partial charge on any atom is -0.481 e. The van der Waals surface area contributed by atoms with Crippen molar-refractivity contribution in [2.24, 2.45) is 10.2 Å². The van der Waals surface area contributed by atoms with E-state index in [-0.39, 0.29) is 12.3 Å². The highest BCUT2D eigenvalue weighted by Gasteiger charge is 2.32. The summed E-state index contributed by atoms with van der Waals surface area (Å²) in [7, 11) is 2.11. The van der Waals surface area contributed by atoms with Gasteiger partial charge < -0.3 is 15.3 Å². The molecule has 1 amide bonds. The first-order chi connectivity index (χ1) is 12.5. The molecule has 2 rings (SSSR count). The van der Waals surface area contributed by atoms with Crippen LogP contribution in [0.15, 0.2) is 34.5 Å². The number of rotatable bonds is 9. The van der Waals surface area contributed by atoms with Crippen LogP contribution in [0.25, 0.3) is 0 Å². The Balaban J connectivity index is 1.93. The fraction of sp³-hybridized carbons (Fsp3) is 0.444. The summed E-state index contributed by atoms with van der Waals surface area (Å²) in [5.74, 6) is -1.36. The second-order valence-corrected chi connectivity index (χ2v) is 7.37. The summed E-state index contributed by atoms with van der Waals surface area (Å²) in [6.07, 6.45) is 3.76. The van der Waals surface area contributed by atoms with Crippen molar-refractivity contribution in [2.45, 2.75) is 38.0 Å². The summed E-state index contributed by atoms with van der Waals surface area (Å²) < 4.78 is 0. The van der Waals surface area contributed by atoms with Crippen molar-refractivity contribution < 1.29 is 14.7 Å². The summed E-state index contributed by atoms with van der Waals surface area (Å²) in [6.45, 7) is 4.12. The van der Waals surface area contributed by atoms with Crippen molar-refractivity contribution in [1.82, 2.24) is 10.2 Å². The Hall–Kier alpha value is -2.19. The maximum absolute atomic E-state index is 11.6. The number of aliphatic carboxylic acids is 1. The Morgan fingerprint density at radius 3 is 3.00 bits per heavy atom. The van der Waals surface area contributed by atoms with Crippen molar-refractivity contribution in [1.29, 1.82) is 0 Å². The van der Waals surface area contributed by atoms with E-state index in [9.17, 15) is 9.59 Å². The smallest absolute Gasteiger partial charge is 0.305 e. The molecule has 1 fully saturated rings. The van der Waals surface area contributed by atoms with E-state index in [0.29, 0.717) is 5.17 Å². The van der Waals surface area contributed by atoms with Crippen LogP contribution in [0.1, 0.15) is 37.3 Å². The zero-order valence-electron chi connectivity index (χ0n) is 15.0. The predicted octanol–water partition coefficient (Wildman–Crippen LogP) is 2.31. The number of carbonyl (C=O) groups excluding carboxylic acids is 1. The monoisotopic (exact) mass is 376 g/mol. The van der Waals surface area contributed by atoms with Gasteiger partial charge in [-0.05, 0) is 37.2 Å². The molecule has 1 atom stereocenters. The fourth-order valence-corrected chi connectivity index (χ4v) is 3.40. The zero-order chi connectivity index (χ0) is 18.9. The van der Waals surface area contributed by atoms with Crippen molar-refractivity contribution in [2.75, 3.05) is 13.6 Å². The Labute approximate surface area is 157 Å². The predicted molar refractivity (Wildman–Crippen MR) is 104 cm³/mol. The molecule has 2 N–H and O–H groups in total. The number of nitrogens with zero attached hydrogens (tertiary/aromatic N) is 3. The second-order valence-electron chi connectivity index (χ2n) is 6.18. The first-order valence-electron chi connectivity index (χ1n) is 8.55. The minimum absolute atomic E-state index is 0.229. The zero-order valence-corrected chi connectivity index (χ0v) is 15.8. The topological polar surface area (TPSA) is 94.4 Å². The standard InChI is InChI=1S/C18H24N4O3S/c1-3-4-8-22(2)12-14-7-5-6-13(9-14)11-19-21-18-20-17(25)15(26-18)10-16(23)24/h5-7,9,11,15H,3-4,8,10,12H2,1-2H3,(H,23,24)(H,20,21,25). The molecule has 1 unspecified atom stereocenters. The van der Waals surface area contributed by atoms with Crippen molar-refractivity contribution >= 4 is 35.0 Å². The maximum Gasteiger partial charge on any atom is 0.305 e. The second kappa shape index (κ2) is 10.1. The maximum atomic E-state index is 11.6. The van der Waals surface area contributed by atoms with Crippen LogP contribution < -0.4 is 5.32 Å². The van der Waals surface area contributed by atoms with Crippen LogP contribution in [-0.2, 0) is 16.1 Å². The van der Waals surface area contributed by atoms with Gasteiger partial charge in [-0.2, -0.15) is 5.10 Å². The van der Waals surface area contributed by atoms with Gasteiger partial charge in [-0.15, -0.1) is 5.10 Å². The molecule has 1 aromatic carbocycles. The van der Waals surface area contributed by atoms with Crippen molar-refractivity contribution in [3.05, 3.63) is 35.4 Å². The first-order valence-corrected chi connectivity index (χ1v) is 9.43. The summed E-state index contributed by atoms with van der Waals surface area (Å²) in [6, 6.07) is 8.05. The van der Waals surface area contributed by atoms with E-state index in [1.54, 1.807) is 6.21 Å². The van der Waals surface area contributed by atoms with Gasteiger partial charge in [0.1, 0.15) is 5.25 Å². The summed E-state index contributed by atoms with van der Waals surface area (Å²) in [5.41, 5.74) is 2.12. The molecule has 0 aromatic heterocycles. The van der Waals surface area contributed by atoms with Gasteiger partial charge in [-0.1, -0.05) is 43.3 Å². The van der Waals surface area contributed by atoms with Gasteiger partial charge in [0.05, 0.1) is 12.6 Å². The number of benzene rings is 1. The largest absolute Gasteiger partial charge is 0.481 e. The molecule has 1 aliphatic rings. The molecule has 1 aliphatic heterocycles. The number of amides is 1. The molecular weight excluding hydrogens is 352 g/mol. The molecule has 0 radical (unpaired) electrons. The number of carbonyl (C=O) groups is 2. The molecule has 0 saturated carbocycles. The number of unbranched alkanes of at least 4 members (excludes halogenated alkanes) is 1. The third-order valence-corrected chi connectivity index (χ3v) is 4.86. The lowest BCUT2D eigenvalue weighted by atomic mass is 10.1. The molecule has 26 heavy (non-hydrogen) atoms. The average molecular weight is 376 g/mol. The number of amidine groups is 1. The van der Waals surface area contributed by atoms with Crippen LogP contribution in [-0.4, -0.2) is 52.1 Å². The van der Waals surface area contributed by atoms with Crippen molar-refractivity contribution in [3.8, 4) is 0 Å². The van der Waals surface area contributed by atoms with Gasteiger partial charge in [0.15, 0.2) is 5.17 Å². The molecule has 140 valence electrons. The van der Waals surface area contributed by atoms with Gasteiger partial charge in [-0.25, -0.2) is 0 Å². The molecule has 8 heteroatoms. The number of thioether (sulfide) groups is 1. The fourth-order valence-electron chi connectivity index (χ4n) is 2.48. The van der Waals surface area contributed by atoms with Gasteiger partial charge >= 0.3 is 5.97 Å². The van der Waals surface area contributed by atoms with Crippen LogP contribution in [0.4, 0.5) is 0 Å². The molecule has 7 nitrogen and oxygen atoms in total. The molecule has 0 aliphatic carbocycles. The van der Waals surface area contributed by atoms with Gasteiger partial charge in [-0.3, -0.25) is 9.59 Å². The lowest BCUT2D eigenvalue weighted by Gasteiger charge is -2.16. The Bertz CT molecular complexity index is 705. The van der Waals surface area contributed by atoms with E-state index in [0.717, 1.165) is 30.4 Å². The lowest BCUT2D eigenvalue weighted by molar-refractivity contribution is -0.138. The highest BCUT2D eigenvalue weighted by Crippen LogP contribution is 2.22. The van der Waals surface area contributed by atoms with Crippen LogP contribution in [0.5, 0.6) is 0 Å². The quantitative estimate of drug-likeness (QED) is 0.509. The molecule has 0 spiro atoms.